The summed E-state index contributed by atoms with van der Waals surface area (Å²) in [4.78, 5) is 4.30. The lowest BCUT2D eigenvalue weighted by molar-refractivity contribution is 0.0931. The van der Waals surface area contributed by atoms with Crippen molar-refractivity contribution < 1.29 is 9.26 Å². The standard InChI is InChI=1S/C21H32N4O2/c1-5-19-18(20(6-2)27-25-19)13-24-21(22-4)23-12-16(3)14-26-15-17-10-8-7-9-11-17/h7-11,16H,5-6,12-15H2,1-4H3,(H2,22,23,24). The maximum absolute atomic E-state index is 5.81. The van der Waals surface area contributed by atoms with Gasteiger partial charge in [0, 0.05) is 32.1 Å². The van der Waals surface area contributed by atoms with Gasteiger partial charge in [0.1, 0.15) is 5.76 Å². The van der Waals surface area contributed by atoms with E-state index in [9.17, 15) is 0 Å². The maximum Gasteiger partial charge on any atom is 0.191 e. The monoisotopic (exact) mass is 372 g/mol. The number of guanidine groups is 1. The van der Waals surface area contributed by atoms with Crippen LogP contribution in [0.3, 0.4) is 0 Å². The van der Waals surface area contributed by atoms with Gasteiger partial charge < -0.3 is 19.9 Å². The molecule has 1 heterocycles. The Morgan fingerprint density at radius 2 is 1.96 bits per heavy atom. The molecule has 27 heavy (non-hydrogen) atoms. The number of aryl methyl sites for hydroxylation is 2. The first-order chi connectivity index (χ1) is 13.2. The van der Waals surface area contributed by atoms with E-state index >= 15 is 0 Å². The summed E-state index contributed by atoms with van der Waals surface area (Å²) in [5, 5.41) is 10.9. The molecule has 0 spiro atoms. The minimum atomic E-state index is 0.375. The molecule has 0 aliphatic heterocycles. The van der Waals surface area contributed by atoms with E-state index in [0.717, 1.165) is 42.4 Å². The zero-order valence-electron chi connectivity index (χ0n) is 16.9. The Kier molecular flexibility index (Phi) is 8.84. The number of nitrogens with zero attached hydrogens (tertiary/aromatic N) is 2. The van der Waals surface area contributed by atoms with Crippen LogP contribution in [0.15, 0.2) is 39.8 Å². The van der Waals surface area contributed by atoms with E-state index < -0.39 is 0 Å². The highest BCUT2D eigenvalue weighted by molar-refractivity contribution is 5.79. The predicted molar refractivity (Wildman–Crippen MR) is 109 cm³/mol. The molecule has 148 valence electrons. The number of benzene rings is 1. The van der Waals surface area contributed by atoms with Gasteiger partial charge in [-0.05, 0) is 17.9 Å². The Bertz CT molecular complexity index is 676. The molecule has 2 N–H and O–H groups in total. The van der Waals surface area contributed by atoms with E-state index in [1.807, 2.05) is 18.2 Å². The van der Waals surface area contributed by atoms with Crippen molar-refractivity contribution in [2.45, 2.75) is 46.8 Å². The highest BCUT2D eigenvalue weighted by atomic mass is 16.5. The average molecular weight is 373 g/mol. The summed E-state index contributed by atoms with van der Waals surface area (Å²) < 4.78 is 11.2. The molecule has 6 heteroatoms. The predicted octanol–water partition coefficient (Wildman–Crippen LogP) is 3.32. The van der Waals surface area contributed by atoms with E-state index in [2.05, 4.69) is 53.7 Å². The van der Waals surface area contributed by atoms with Crippen LogP contribution in [0.1, 0.15) is 43.4 Å². The maximum atomic E-state index is 5.81. The lowest BCUT2D eigenvalue weighted by Gasteiger charge is -2.16. The smallest absolute Gasteiger partial charge is 0.191 e. The first kappa shape index (κ1) is 21.0. The summed E-state index contributed by atoms with van der Waals surface area (Å²) in [6, 6.07) is 10.2. The van der Waals surface area contributed by atoms with Crippen LogP contribution in [0.4, 0.5) is 0 Å². The van der Waals surface area contributed by atoms with Crippen LogP contribution in [0.2, 0.25) is 0 Å². The number of hydrogen-bond donors (Lipinski definition) is 2. The lowest BCUT2D eigenvalue weighted by Crippen LogP contribution is -2.39. The van der Waals surface area contributed by atoms with Crippen molar-refractivity contribution in [3.8, 4) is 0 Å². The number of nitrogens with one attached hydrogen (secondary N) is 2. The third kappa shape index (κ3) is 6.71. The fraction of sp³-hybridized carbons (Fsp3) is 0.524. The second kappa shape index (κ2) is 11.4. The Balaban J connectivity index is 1.72. The van der Waals surface area contributed by atoms with Crippen LogP contribution in [-0.2, 0) is 30.7 Å². The van der Waals surface area contributed by atoms with Crippen LogP contribution in [-0.4, -0.2) is 31.3 Å². The van der Waals surface area contributed by atoms with Crippen LogP contribution in [0, 0.1) is 5.92 Å². The number of ether oxygens (including phenoxy) is 1. The molecule has 0 bridgehead atoms. The highest BCUT2D eigenvalue weighted by Gasteiger charge is 2.13. The molecule has 0 aliphatic carbocycles. The molecular weight excluding hydrogens is 340 g/mol. The van der Waals surface area contributed by atoms with Gasteiger partial charge in [-0.3, -0.25) is 4.99 Å². The summed E-state index contributed by atoms with van der Waals surface area (Å²) in [6.07, 6.45) is 1.70. The zero-order valence-corrected chi connectivity index (χ0v) is 16.9. The molecular formula is C21H32N4O2. The molecule has 0 amide bonds. The molecule has 1 aromatic carbocycles. The van der Waals surface area contributed by atoms with Crippen molar-refractivity contribution in [2.75, 3.05) is 20.2 Å². The quantitative estimate of drug-likeness (QED) is 0.494. The Morgan fingerprint density at radius 1 is 1.19 bits per heavy atom. The third-order valence-corrected chi connectivity index (χ3v) is 4.40. The summed E-state index contributed by atoms with van der Waals surface area (Å²) in [6.45, 7) is 9.12. The van der Waals surface area contributed by atoms with Crippen LogP contribution < -0.4 is 10.6 Å². The van der Waals surface area contributed by atoms with Gasteiger partial charge in [0.15, 0.2) is 5.96 Å². The van der Waals surface area contributed by atoms with E-state index in [1.165, 1.54) is 5.56 Å². The van der Waals surface area contributed by atoms with Crippen LogP contribution in [0.25, 0.3) is 0 Å². The van der Waals surface area contributed by atoms with Crippen molar-refractivity contribution >= 4 is 5.96 Å². The van der Waals surface area contributed by atoms with Crippen molar-refractivity contribution in [1.29, 1.82) is 0 Å². The fourth-order valence-electron chi connectivity index (χ4n) is 2.81. The Labute approximate surface area is 162 Å². The van der Waals surface area contributed by atoms with Crippen molar-refractivity contribution in [1.82, 2.24) is 15.8 Å². The Hall–Kier alpha value is -2.34. The lowest BCUT2D eigenvalue weighted by atomic mass is 10.1. The van der Waals surface area contributed by atoms with Gasteiger partial charge in [-0.25, -0.2) is 0 Å². The number of hydrogen-bond acceptors (Lipinski definition) is 4. The molecule has 0 saturated carbocycles. The first-order valence-electron chi connectivity index (χ1n) is 9.70. The van der Waals surface area contributed by atoms with Gasteiger partial charge in [-0.2, -0.15) is 0 Å². The van der Waals surface area contributed by atoms with Gasteiger partial charge in [0.25, 0.3) is 0 Å². The first-order valence-corrected chi connectivity index (χ1v) is 9.70. The molecule has 1 atom stereocenters. The van der Waals surface area contributed by atoms with Gasteiger partial charge in [-0.15, -0.1) is 0 Å². The van der Waals surface area contributed by atoms with Crippen LogP contribution >= 0.6 is 0 Å². The van der Waals surface area contributed by atoms with Gasteiger partial charge in [0.05, 0.1) is 18.9 Å². The van der Waals surface area contributed by atoms with Gasteiger partial charge >= 0.3 is 0 Å². The normalized spacial score (nSPS) is 12.8. The molecule has 0 fully saturated rings. The van der Waals surface area contributed by atoms with E-state index in [-0.39, 0.29) is 0 Å². The minimum Gasteiger partial charge on any atom is -0.376 e. The highest BCUT2D eigenvalue weighted by Crippen LogP contribution is 2.15. The number of aliphatic imine (C=N–C) groups is 1. The summed E-state index contributed by atoms with van der Waals surface area (Å²) in [7, 11) is 1.78. The summed E-state index contributed by atoms with van der Waals surface area (Å²) in [5.41, 5.74) is 3.35. The van der Waals surface area contributed by atoms with Gasteiger partial charge in [0.2, 0.25) is 0 Å². The molecule has 2 rings (SSSR count). The largest absolute Gasteiger partial charge is 0.376 e. The van der Waals surface area contributed by atoms with E-state index in [0.29, 0.717) is 25.7 Å². The van der Waals surface area contributed by atoms with Crippen LogP contribution in [0.5, 0.6) is 0 Å². The third-order valence-electron chi connectivity index (χ3n) is 4.40. The molecule has 6 nitrogen and oxygen atoms in total. The second-order valence-electron chi connectivity index (χ2n) is 6.65. The second-order valence-corrected chi connectivity index (χ2v) is 6.65. The number of rotatable bonds is 10. The van der Waals surface area contributed by atoms with E-state index in [1.54, 1.807) is 7.05 Å². The SMILES string of the molecule is CCc1noc(CC)c1CNC(=NC)NCC(C)COCc1ccccc1. The molecule has 0 aliphatic rings. The average Bonchev–Trinajstić information content (AvgIpc) is 3.11. The number of aromatic nitrogens is 1. The summed E-state index contributed by atoms with van der Waals surface area (Å²) >= 11 is 0. The molecule has 1 aromatic heterocycles. The van der Waals surface area contributed by atoms with E-state index in [4.69, 9.17) is 9.26 Å². The minimum absolute atomic E-state index is 0.375. The van der Waals surface area contributed by atoms with Crippen molar-refractivity contribution in [2.24, 2.45) is 10.9 Å². The molecule has 0 saturated heterocycles. The molecule has 2 aromatic rings. The topological polar surface area (TPSA) is 71.7 Å². The Morgan fingerprint density at radius 3 is 2.63 bits per heavy atom. The van der Waals surface area contributed by atoms with Crippen molar-refractivity contribution in [3.63, 3.8) is 0 Å². The van der Waals surface area contributed by atoms with Gasteiger partial charge in [-0.1, -0.05) is 56.3 Å². The molecule has 0 radical (unpaired) electrons. The zero-order chi connectivity index (χ0) is 19.5. The molecule has 1 unspecified atom stereocenters. The fourth-order valence-corrected chi connectivity index (χ4v) is 2.81. The van der Waals surface area contributed by atoms with Crippen molar-refractivity contribution in [3.05, 3.63) is 52.9 Å². The summed E-state index contributed by atoms with van der Waals surface area (Å²) in [5.74, 6) is 2.09.